The van der Waals surface area contributed by atoms with Gasteiger partial charge in [0.1, 0.15) is 22.8 Å². The first-order valence-corrected chi connectivity index (χ1v) is 11.0. The maximum Gasteiger partial charge on any atom is 0.342 e. The lowest BCUT2D eigenvalue weighted by atomic mass is 9.58. The summed E-state index contributed by atoms with van der Waals surface area (Å²) < 4.78 is 0. The fraction of sp³-hybridized carbons (Fsp3) is 0.458. The minimum Gasteiger partial charge on any atom is -0.510 e. The number of ketones is 2. The van der Waals surface area contributed by atoms with Crippen molar-refractivity contribution in [1.82, 2.24) is 9.96 Å². The largest absolute Gasteiger partial charge is 0.510 e. The monoisotopic (exact) mass is 488 g/mol. The van der Waals surface area contributed by atoms with Crippen LogP contribution in [0.2, 0.25) is 0 Å². The summed E-state index contributed by atoms with van der Waals surface area (Å²) in [5.41, 5.74) is -2.77. The maximum absolute atomic E-state index is 13.6. The van der Waals surface area contributed by atoms with Gasteiger partial charge >= 0.3 is 5.97 Å². The summed E-state index contributed by atoms with van der Waals surface area (Å²) in [4.78, 5) is 45.2. The Labute approximate surface area is 201 Å². The number of fused-ring (bicyclic) bond motifs is 3. The Morgan fingerprint density at radius 2 is 1.83 bits per heavy atom. The van der Waals surface area contributed by atoms with E-state index >= 15 is 0 Å². The zero-order valence-corrected chi connectivity index (χ0v) is 19.8. The number of aliphatic hydroxyl groups excluding tert-OH is 2. The molecule has 0 amide bonds. The summed E-state index contributed by atoms with van der Waals surface area (Å²) >= 11 is 0. The Hall–Kier alpha value is -3.25. The molecule has 11 nitrogen and oxygen atoms in total. The molecule has 0 spiro atoms. The number of allylic oxidation sites excluding steroid dienone is 1. The second-order valence-corrected chi connectivity index (χ2v) is 9.47. The molecule has 1 aromatic rings. The molecule has 0 heterocycles. The number of hydrogen-bond donors (Lipinski definition) is 5. The Morgan fingerprint density at radius 1 is 1.17 bits per heavy atom. The van der Waals surface area contributed by atoms with Gasteiger partial charge in [-0.2, -0.15) is 5.06 Å². The van der Waals surface area contributed by atoms with Crippen molar-refractivity contribution in [2.24, 2.45) is 11.8 Å². The third kappa shape index (κ3) is 3.46. The SMILES string of the molecule is CON(C)Cc1ccc(O)c2c1C[C@H]1C[C@H]3[C@H](N(C)C)C(O)=C(C(=O)O)C(=O)[C@@]3(O)C(O)=C1C2=O. The highest BCUT2D eigenvalue weighted by Gasteiger charge is 2.63. The number of aromatic hydroxyl groups is 1. The molecular weight excluding hydrogens is 460 g/mol. The van der Waals surface area contributed by atoms with Crippen LogP contribution in [0.25, 0.3) is 0 Å². The van der Waals surface area contributed by atoms with Gasteiger partial charge in [0.15, 0.2) is 11.4 Å². The van der Waals surface area contributed by atoms with Gasteiger partial charge in [-0.3, -0.25) is 14.5 Å². The highest BCUT2D eigenvalue weighted by Crippen LogP contribution is 2.52. The number of aliphatic carboxylic acids is 1. The molecule has 35 heavy (non-hydrogen) atoms. The number of carboxylic acid groups (broad SMARTS) is 1. The van der Waals surface area contributed by atoms with Gasteiger partial charge in [-0.15, -0.1) is 0 Å². The smallest absolute Gasteiger partial charge is 0.342 e. The van der Waals surface area contributed by atoms with E-state index in [1.807, 2.05) is 0 Å². The lowest BCUT2D eigenvalue weighted by molar-refractivity contribution is -0.151. The third-order valence-electron chi connectivity index (χ3n) is 7.38. The van der Waals surface area contributed by atoms with E-state index in [4.69, 9.17) is 4.84 Å². The lowest BCUT2D eigenvalue weighted by Gasteiger charge is -2.50. The number of hydroxylamine groups is 2. The minimum atomic E-state index is -2.72. The molecule has 0 radical (unpaired) electrons. The fourth-order valence-electron chi connectivity index (χ4n) is 5.74. The van der Waals surface area contributed by atoms with Crippen LogP contribution in [-0.2, 0) is 27.4 Å². The molecule has 0 saturated carbocycles. The summed E-state index contributed by atoms with van der Waals surface area (Å²) in [7, 11) is 6.29. The van der Waals surface area contributed by atoms with E-state index in [1.165, 1.54) is 23.1 Å². The molecule has 3 aliphatic carbocycles. The number of rotatable bonds is 5. The van der Waals surface area contributed by atoms with Crippen LogP contribution < -0.4 is 0 Å². The van der Waals surface area contributed by atoms with Crippen LogP contribution in [0.1, 0.15) is 27.9 Å². The van der Waals surface area contributed by atoms with Crippen molar-refractivity contribution in [2.45, 2.75) is 31.0 Å². The van der Waals surface area contributed by atoms with Crippen molar-refractivity contribution in [3.05, 3.63) is 51.5 Å². The first kappa shape index (κ1) is 24.9. The maximum atomic E-state index is 13.6. The van der Waals surface area contributed by atoms with E-state index in [9.17, 15) is 39.9 Å². The van der Waals surface area contributed by atoms with Crippen LogP contribution in [0, 0.1) is 11.8 Å². The number of carboxylic acids is 1. The highest BCUT2D eigenvalue weighted by atomic mass is 16.7. The van der Waals surface area contributed by atoms with Crippen LogP contribution in [0.4, 0.5) is 0 Å². The number of Topliss-reactive ketones (excluding diaryl/α,β-unsaturated/α-hetero) is 2. The van der Waals surface area contributed by atoms with Gasteiger partial charge < -0.3 is 30.4 Å². The predicted octanol–water partition coefficient (Wildman–Crippen LogP) is 0.713. The minimum absolute atomic E-state index is 0.00182. The summed E-state index contributed by atoms with van der Waals surface area (Å²) in [6.45, 7) is 0.307. The summed E-state index contributed by atoms with van der Waals surface area (Å²) in [6, 6.07) is 1.92. The molecule has 0 bridgehead atoms. The number of phenolic OH excluding ortho intramolecular Hbond substituents is 1. The van der Waals surface area contributed by atoms with E-state index in [-0.39, 0.29) is 29.7 Å². The summed E-state index contributed by atoms with van der Waals surface area (Å²) in [5, 5.41) is 55.1. The molecule has 4 rings (SSSR count). The number of benzene rings is 1. The van der Waals surface area contributed by atoms with Crippen molar-refractivity contribution in [3.63, 3.8) is 0 Å². The van der Waals surface area contributed by atoms with Crippen LogP contribution in [0.15, 0.2) is 34.8 Å². The van der Waals surface area contributed by atoms with Gasteiger partial charge in [0.2, 0.25) is 5.78 Å². The van der Waals surface area contributed by atoms with E-state index in [1.54, 1.807) is 27.2 Å². The number of aliphatic hydroxyl groups is 3. The van der Waals surface area contributed by atoms with Crippen LogP contribution in [0.3, 0.4) is 0 Å². The number of carbonyl (C=O) groups is 3. The number of likely N-dealkylation sites (N-methyl/N-ethyl adjacent to an activating group) is 1. The Kier molecular flexibility index (Phi) is 6.00. The topological polar surface area (TPSA) is 168 Å². The Balaban J connectivity index is 1.92. The normalized spacial score (nSPS) is 28.4. The second kappa shape index (κ2) is 8.45. The quantitative estimate of drug-likeness (QED) is 0.292. The van der Waals surface area contributed by atoms with E-state index < -0.39 is 58.1 Å². The standard InChI is InChI=1S/C24H28N2O9/c1-25(2)18-13-8-11-7-12-10(9-26(3)35-4)5-6-14(27)16(12)19(28)15(11)21(30)24(13,34)22(31)17(20(18)29)23(32)33/h5-6,11,13,18,27,29-30,34H,7-9H2,1-4H3,(H,32,33)/t11-,13-,18-,24-/m0/s1. The molecule has 0 aliphatic heterocycles. The van der Waals surface area contributed by atoms with E-state index in [0.29, 0.717) is 12.1 Å². The summed E-state index contributed by atoms with van der Waals surface area (Å²) in [6.07, 6.45) is 0.209. The first-order chi connectivity index (χ1) is 16.4. The molecule has 0 fully saturated rings. The molecule has 5 N–H and O–H groups in total. The van der Waals surface area contributed by atoms with Crippen LogP contribution >= 0.6 is 0 Å². The average molecular weight is 488 g/mol. The highest BCUT2D eigenvalue weighted by molar-refractivity contribution is 6.23. The van der Waals surface area contributed by atoms with Gasteiger partial charge in [-0.1, -0.05) is 6.07 Å². The van der Waals surface area contributed by atoms with Gasteiger partial charge in [-0.05, 0) is 50.0 Å². The predicted molar refractivity (Wildman–Crippen MR) is 121 cm³/mol. The molecule has 1 aromatic carbocycles. The molecule has 188 valence electrons. The zero-order chi connectivity index (χ0) is 26.0. The number of carbonyl (C=O) groups excluding carboxylic acids is 2. The van der Waals surface area contributed by atoms with Crippen molar-refractivity contribution in [2.75, 3.05) is 28.3 Å². The van der Waals surface area contributed by atoms with Crippen molar-refractivity contribution in [1.29, 1.82) is 0 Å². The molecule has 0 aromatic heterocycles. The molecule has 0 saturated heterocycles. The van der Waals surface area contributed by atoms with Gasteiger partial charge in [0, 0.05) is 25.1 Å². The van der Waals surface area contributed by atoms with Crippen molar-refractivity contribution in [3.8, 4) is 5.75 Å². The van der Waals surface area contributed by atoms with Gasteiger partial charge in [0.05, 0.1) is 18.7 Å². The van der Waals surface area contributed by atoms with E-state index in [0.717, 1.165) is 5.56 Å². The van der Waals surface area contributed by atoms with Crippen molar-refractivity contribution < 1.29 is 44.8 Å². The van der Waals surface area contributed by atoms with Crippen LogP contribution in [-0.4, -0.2) is 92.9 Å². The fourth-order valence-corrected chi connectivity index (χ4v) is 5.74. The number of nitrogens with zero attached hydrogens (tertiary/aromatic N) is 2. The summed E-state index contributed by atoms with van der Waals surface area (Å²) in [5.74, 6) is -7.61. The zero-order valence-electron chi connectivity index (χ0n) is 19.8. The molecule has 0 unspecified atom stereocenters. The van der Waals surface area contributed by atoms with E-state index in [2.05, 4.69) is 0 Å². The molecule has 4 atom stereocenters. The second-order valence-electron chi connectivity index (χ2n) is 9.47. The third-order valence-corrected chi connectivity index (χ3v) is 7.38. The van der Waals surface area contributed by atoms with Crippen LogP contribution in [0.5, 0.6) is 5.75 Å². The van der Waals surface area contributed by atoms with Gasteiger partial charge in [-0.25, -0.2) is 4.79 Å². The van der Waals surface area contributed by atoms with Gasteiger partial charge in [0.25, 0.3) is 0 Å². The average Bonchev–Trinajstić information content (AvgIpc) is 2.77. The Bertz CT molecular complexity index is 1200. The number of hydrogen-bond acceptors (Lipinski definition) is 10. The van der Waals surface area contributed by atoms with Crippen molar-refractivity contribution >= 4 is 17.5 Å². The first-order valence-electron chi connectivity index (χ1n) is 11.0. The molecule has 11 heteroatoms. The Morgan fingerprint density at radius 3 is 2.40 bits per heavy atom. The molecule has 3 aliphatic rings. The lowest BCUT2D eigenvalue weighted by Crippen LogP contribution is -2.63. The number of phenols is 1. The molecular formula is C24H28N2O9.